The van der Waals surface area contributed by atoms with Gasteiger partial charge in [0.25, 0.3) is 6.43 Å². The van der Waals surface area contributed by atoms with Gasteiger partial charge in [-0.25, -0.2) is 27.5 Å². The van der Waals surface area contributed by atoms with E-state index in [1.54, 1.807) is 6.92 Å². The van der Waals surface area contributed by atoms with Crippen LogP contribution in [0.4, 0.5) is 23.4 Å². The lowest BCUT2D eigenvalue weighted by Gasteiger charge is -2.30. The van der Waals surface area contributed by atoms with Crippen LogP contribution in [0.5, 0.6) is 0 Å². The van der Waals surface area contributed by atoms with E-state index in [4.69, 9.17) is 4.74 Å². The standard InChI is InChI=1S/C24H28F4N4O/c1-13(30-16-7-4-8-16)20(25)22-19(18-10-5-11-33-18)24(32-14(2)31-22)29-12-15-6-3-9-17(21(15)26)23(27)28/h3,6,9,16,18,20,23,30H,1,4-5,7-8,10-12H2,2H3,(H,29,31,32). The number of halogens is 4. The van der Waals surface area contributed by atoms with Crippen molar-refractivity contribution in [3.63, 3.8) is 0 Å². The Balaban J connectivity index is 1.64. The molecular weight excluding hydrogens is 436 g/mol. The van der Waals surface area contributed by atoms with Crippen molar-refractivity contribution in [2.24, 2.45) is 0 Å². The SMILES string of the molecule is C=C(NC1CCC1)C(F)c1nc(C)nc(NCc2cccc(C(F)F)c2F)c1C1CCCO1. The van der Waals surface area contributed by atoms with E-state index >= 15 is 4.39 Å². The number of aryl methyl sites for hydroxylation is 1. The van der Waals surface area contributed by atoms with Crippen LogP contribution >= 0.6 is 0 Å². The number of ether oxygens (including phenoxy) is 1. The molecule has 2 N–H and O–H groups in total. The highest BCUT2D eigenvalue weighted by molar-refractivity contribution is 5.51. The molecular formula is C24H28F4N4O. The average Bonchev–Trinajstić information content (AvgIpc) is 3.28. The van der Waals surface area contributed by atoms with Crippen LogP contribution in [-0.4, -0.2) is 22.6 Å². The van der Waals surface area contributed by atoms with Gasteiger partial charge in [-0.3, -0.25) is 0 Å². The molecule has 5 nitrogen and oxygen atoms in total. The van der Waals surface area contributed by atoms with Gasteiger partial charge in [-0.15, -0.1) is 0 Å². The molecule has 2 fully saturated rings. The molecule has 1 aromatic carbocycles. The van der Waals surface area contributed by atoms with Crippen LogP contribution in [0, 0.1) is 12.7 Å². The number of nitrogens with one attached hydrogen (secondary N) is 2. The minimum Gasteiger partial charge on any atom is -0.383 e. The number of benzene rings is 1. The van der Waals surface area contributed by atoms with E-state index in [1.165, 1.54) is 12.1 Å². The van der Waals surface area contributed by atoms with Crippen molar-refractivity contribution >= 4 is 5.82 Å². The van der Waals surface area contributed by atoms with Gasteiger partial charge in [0.15, 0.2) is 6.17 Å². The highest BCUT2D eigenvalue weighted by Gasteiger charge is 2.32. The Morgan fingerprint density at radius 1 is 1.18 bits per heavy atom. The second-order valence-corrected chi connectivity index (χ2v) is 8.55. The maximum Gasteiger partial charge on any atom is 0.266 e. The zero-order valence-electron chi connectivity index (χ0n) is 18.5. The molecule has 9 heteroatoms. The van der Waals surface area contributed by atoms with E-state index < -0.39 is 30.1 Å². The van der Waals surface area contributed by atoms with Crippen LogP contribution in [0.1, 0.15) is 79.0 Å². The molecule has 178 valence electrons. The number of allylic oxidation sites excluding steroid dienone is 1. The van der Waals surface area contributed by atoms with Gasteiger partial charge in [0.1, 0.15) is 17.5 Å². The van der Waals surface area contributed by atoms with E-state index in [0.717, 1.165) is 31.7 Å². The van der Waals surface area contributed by atoms with Crippen molar-refractivity contribution in [2.45, 2.75) is 70.3 Å². The summed E-state index contributed by atoms with van der Waals surface area (Å²) in [5.41, 5.74) is 0.272. The third-order valence-electron chi connectivity index (χ3n) is 6.17. The van der Waals surface area contributed by atoms with Crippen molar-refractivity contribution in [1.82, 2.24) is 15.3 Å². The predicted molar refractivity (Wildman–Crippen MR) is 117 cm³/mol. The van der Waals surface area contributed by atoms with E-state index in [1.807, 2.05) is 0 Å². The lowest BCUT2D eigenvalue weighted by atomic mass is 9.92. The maximum absolute atomic E-state index is 15.6. The minimum atomic E-state index is -2.92. The summed E-state index contributed by atoms with van der Waals surface area (Å²) in [6.07, 6.45) is -0.388. The Kier molecular flexibility index (Phi) is 7.17. The Morgan fingerprint density at radius 2 is 1.97 bits per heavy atom. The molecule has 1 saturated heterocycles. The third-order valence-corrected chi connectivity index (χ3v) is 6.17. The van der Waals surface area contributed by atoms with Crippen molar-refractivity contribution in [2.75, 3.05) is 11.9 Å². The molecule has 2 heterocycles. The molecule has 1 aliphatic carbocycles. The highest BCUT2D eigenvalue weighted by atomic mass is 19.3. The summed E-state index contributed by atoms with van der Waals surface area (Å²) in [5.74, 6) is -0.327. The molecule has 0 radical (unpaired) electrons. The summed E-state index contributed by atoms with van der Waals surface area (Å²) in [5, 5.41) is 6.16. The van der Waals surface area contributed by atoms with E-state index in [0.29, 0.717) is 30.2 Å². The van der Waals surface area contributed by atoms with Gasteiger partial charge >= 0.3 is 0 Å². The fourth-order valence-corrected chi connectivity index (χ4v) is 4.19. The summed E-state index contributed by atoms with van der Waals surface area (Å²) in [7, 11) is 0. The first kappa shape index (κ1) is 23.5. The van der Waals surface area contributed by atoms with Crippen LogP contribution in [0.3, 0.4) is 0 Å². The van der Waals surface area contributed by atoms with Crippen LogP contribution in [0.2, 0.25) is 0 Å². The smallest absolute Gasteiger partial charge is 0.266 e. The summed E-state index contributed by atoms with van der Waals surface area (Å²) in [6, 6.07) is 4.08. The average molecular weight is 465 g/mol. The van der Waals surface area contributed by atoms with Crippen molar-refractivity contribution in [3.8, 4) is 0 Å². The lowest BCUT2D eigenvalue weighted by molar-refractivity contribution is 0.110. The molecule has 4 rings (SSSR count). The summed E-state index contributed by atoms with van der Waals surface area (Å²) in [6.45, 7) is 5.95. The Bertz CT molecular complexity index is 1010. The molecule has 0 amide bonds. The predicted octanol–water partition coefficient (Wildman–Crippen LogP) is 5.99. The Hall–Kier alpha value is -2.68. The van der Waals surface area contributed by atoms with Crippen molar-refractivity contribution in [3.05, 3.63) is 64.5 Å². The molecule has 1 saturated carbocycles. The van der Waals surface area contributed by atoms with E-state index in [-0.39, 0.29) is 29.5 Å². The number of rotatable bonds is 9. The quantitative estimate of drug-likeness (QED) is 0.447. The van der Waals surface area contributed by atoms with Gasteiger partial charge in [0, 0.05) is 36.0 Å². The number of hydrogen-bond donors (Lipinski definition) is 2. The number of hydrogen-bond acceptors (Lipinski definition) is 5. The number of anilines is 1. The largest absolute Gasteiger partial charge is 0.383 e. The van der Waals surface area contributed by atoms with Crippen molar-refractivity contribution < 1.29 is 22.3 Å². The first-order valence-corrected chi connectivity index (χ1v) is 11.2. The zero-order valence-corrected chi connectivity index (χ0v) is 18.5. The molecule has 2 aromatic rings. The summed E-state index contributed by atoms with van der Waals surface area (Å²) >= 11 is 0. The van der Waals surface area contributed by atoms with Crippen molar-refractivity contribution in [1.29, 1.82) is 0 Å². The minimum absolute atomic E-state index is 0.0664. The second-order valence-electron chi connectivity index (χ2n) is 8.55. The van der Waals surface area contributed by atoms with E-state index in [9.17, 15) is 13.2 Å². The summed E-state index contributed by atoms with van der Waals surface area (Å²) in [4.78, 5) is 8.80. The zero-order chi connectivity index (χ0) is 23.5. The van der Waals surface area contributed by atoms with Crippen LogP contribution < -0.4 is 10.6 Å². The van der Waals surface area contributed by atoms with E-state index in [2.05, 4.69) is 27.2 Å². The number of alkyl halides is 3. The van der Waals surface area contributed by atoms with Gasteiger partial charge in [-0.1, -0.05) is 24.8 Å². The highest BCUT2D eigenvalue weighted by Crippen LogP contribution is 2.39. The third kappa shape index (κ3) is 5.13. The molecule has 2 unspecified atom stereocenters. The van der Waals surface area contributed by atoms with Gasteiger partial charge < -0.3 is 15.4 Å². The fourth-order valence-electron chi connectivity index (χ4n) is 4.19. The topological polar surface area (TPSA) is 59.1 Å². The fraction of sp³-hybridized carbons (Fsp3) is 0.500. The van der Waals surface area contributed by atoms with Gasteiger partial charge in [0.05, 0.1) is 17.4 Å². The molecule has 2 aliphatic rings. The summed E-state index contributed by atoms with van der Waals surface area (Å²) < 4.78 is 62.1. The Morgan fingerprint density at radius 3 is 2.61 bits per heavy atom. The molecule has 2 atom stereocenters. The number of nitrogens with zero attached hydrogens (tertiary/aromatic N) is 2. The van der Waals surface area contributed by atoms with Gasteiger partial charge in [-0.05, 0) is 39.0 Å². The second kappa shape index (κ2) is 10.1. The molecule has 33 heavy (non-hydrogen) atoms. The normalized spacial score (nSPS) is 19.4. The van der Waals surface area contributed by atoms with Crippen LogP contribution in [0.25, 0.3) is 0 Å². The molecule has 0 bridgehead atoms. The first-order valence-electron chi connectivity index (χ1n) is 11.2. The lowest BCUT2D eigenvalue weighted by Crippen LogP contribution is -2.35. The van der Waals surface area contributed by atoms with Crippen LogP contribution in [0.15, 0.2) is 30.5 Å². The Labute approximate surface area is 190 Å². The molecule has 1 aliphatic heterocycles. The molecule has 0 spiro atoms. The maximum atomic E-state index is 15.6. The first-order chi connectivity index (χ1) is 15.8. The monoisotopic (exact) mass is 464 g/mol. The van der Waals surface area contributed by atoms with Gasteiger partial charge in [0.2, 0.25) is 0 Å². The number of aromatic nitrogens is 2. The van der Waals surface area contributed by atoms with Gasteiger partial charge in [-0.2, -0.15) is 0 Å². The van der Waals surface area contributed by atoms with Crippen LogP contribution in [-0.2, 0) is 11.3 Å². The molecule has 1 aromatic heterocycles.